The molecular weight excluding hydrogens is 534 g/mol. The quantitative estimate of drug-likeness (QED) is 0.284. The fourth-order valence-electron chi connectivity index (χ4n) is 5.34. The molecule has 1 heterocycles. The standard InChI is InChI=1S/C33H47N3O6/c1-24(2)36(32(37)27-13-14-30(40-4)31(17-27)41-16-8-15-39-3)22-28-18-34-19-29(28)23-42-33(38)35(21-26-11-12-26)20-25-9-6-5-7-10-25/h5-7,9-10,13-14,17,24,26,28-29,34H,8,11-12,15-16,18-23H2,1-4H3/t28-,29-/m0/s1. The summed E-state index contributed by atoms with van der Waals surface area (Å²) in [4.78, 5) is 30.7. The van der Waals surface area contributed by atoms with Gasteiger partial charge in [-0.1, -0.05) is 30.3 Å². The SMILES string of the molecule is COCCCOc1cc(C(=O)N(C[C@@H]2CNC[C@H]2COC(=O)N(Cc2ccccc2)CC2CC2)C(C)C)ccc1OC. The first-order valence-electron chi connectivity index (χ1n) is 15.2. The maximum atomic E-state index is 13.7. The molecule has 0 spiro atoms. The third kappa shape index (κ3) is 9.10. The number of hydrogen-bond donors (Lipinski definition) is 1. The Kier molecular flexibility index (Phi) is 11.9. The highest BCUT2D eigenvalue weighted by molar-refractivity contribution is 5.95. The number of nitrogens with one attached hydrogen (secondary N) is 1. The van der Waals surface area contributed by atoms with Crippen LogP contribution in [-0.2, 0) is 16.0 Å². The van der Waals surface area contributed by atoms with Crippen molar-refractivity contribution in [1.29, 1.82) is 0 Å². The summed E-state index contributed by atoms with van der Waals surface area (Å²) < 4.78 is 22.4. The summed E-state index contributed by atoms with van der Waals surface area (Å²) >= 11 is 0. The van der Waals surface area contributed by atoms with Crippen LogP contribution in [0.2, 0.25) is 0 Å². The number of carbonyl (C=O) groups excluding carboxylic acids is 2. The van der Waals surface area contributed by atoms with Crippen LogP contribution < -0.4 is 14.8 Å². The predicted octanol–water partition coefficient (Wildman–Crippen LogP) is 4.85. The molecule has 1 N–H and O–H groups in total. The summed E-state index contributed by atoms with van der Waals surface area (Å²) in [5.41, 5.74) is 1.65. The van der Waals surface area contributed by atoms with E-state index in [2.05, 4.69) is 5.32 Å². The van der Waals surface area contributed by atoms with E-state index in [4.69, 9.17) is 18.9 Å². The van der Waals surface area contributed by atoms with E-state index < -0.39 is 0 Å². The lowest BCUT2D eigenvalue weighted by Gasteiger charge is -2.32. The molecule has 2 amide bonds. The molecule has 1 aliphatic carbocycles. The largest absolute Gasteiger partial charge is 0.493 e. The fourth-order valence-corrected chi connectivity index (χ4v) is 5.34. The lowest BCUT2D eigenvalue weighted by atomic mass is 9.95. The van der Waals surface area contributed by atoms with Crippen LogP contribution in [0.1, 0.15) is 49.0 Å². The van der Waals surface area contributed by atoms with E-state index in [1.54, 1.807) is 32.4 Å². The normalized spacial score (nSPS) is 18.1. The number of amides is 2. The minimum Gasteiger partial charge on any atom is -0.493 e. The van der Waals surface area contributed by atoms with E-state index in [0.29, 0.717) is 55.9 Å². The molecular formula is C33H47N3O6. The lowest BCUT2D eigenvalue weighted by molar-refractivity contribution is 0.0585. The molecule has 0 radical (unpaired) electrons. The minimum absolute atomic E-state index is 0.00520. The minimum atomic E-state index is -0.260. The van der Waals surface area contributed by atoms with Crippen LogP contribution in [0.4, 0.5) is 4.79 Å². The zero-order valence-electron chi connectivity index (χ0n) is 25.6. The number of benzene rings is 2. The third-order valence-corrected chi connectivity index (χ3v) is 8.03. The fraction of sp³-hybridized carbons (Fsp3) is 0.576. The van der Waals surface area contributed by atoms with E-state index >= 15 is 0 Å². The monoisotopic (exact) mass is 581 g/mol. The first kappa shape index (κ1) is 31.6. The van der Waals surface area contributed by atoms with Gasteiger partial charge in [0.05, 0.1) is 20.3 Å². The molecule has 2 fully saturated rings. The number of nitrogens with zero attached hydrogens (tertiary/aromatic N) is 2. The van der Waals surface area contributed by atoms with Gasteiger partial charge in [-0.05, 0) is 62.3 Å². The summed E-state index contributed by atoms with van der Waals surface area (Å²) in [7, 11) is 3.25. The second-order valence-corrected chi connectivity index (χ2v) is 11.7. The Labute approximate surface area is 250 Å². The van der Waals surface area contributed by atoms with E-state index in [0.717, 1.165) is 31.6 Å². The summed E-state index contributed by atoms with van der Waals surface area (Å²) in [6.45, 7) is 8.82. The molecule has 2 aromatic carbocycles. The van der Waals surface area contributed by atoms with Gasteiger partial charge in [-0.2, -0.15) is 0 Å². The Morgan fingerprint density at radius 2 is 1.71 bits per heavy atom. The Morgan fingerprint density at radius 1 is 0.952 bits per heavy atom. The molecule has 1 saturated heterocycles. The highest BCUT2D eigenvalue weighted by Crippen LogP contribution is 2.31. The molecule has 9 heteroatoms. The Hall–Kier alpha value is -3.30. The molecule has 1 saturated carbocycles. The molecule has 2 aromatic rings. The van der Waals surface area contributed by atoms with Gasteiger partial charge in [-0.15, -0.1) is 0 Å². The highest BCUT2D eigenvalue weighted by Gasteiger charge is 2.34. The van der Waals surface area contributed by atoms with Crippen molar-refractivity contribution in [2.45, 2.75) is 45.7 Å². The molecule has 0 unspecified atom stereocenters. The summed E-state index contributed by atoms with van der Waals surface area (Å²) in [5, 5.41) is 3.45. The maximum Gasteiger partial charge on any atom is 0.410 e. The van der Waals surface area contributed by atoms with Crippen molar-refractivity contribution in [2.75, 3.05) is 60.2 Å². The summed E-state index contributed by atoms with van der Waals surface area (Å²) in [6.07, 6.45) is 2.81. The van der Waals surface area contributed by atoms with Crippen LogP contribution in [0, 0.1) is 17.8 Å². The average Bonchev–Trinajstić information content (AvgIpc) is 3.71. The van der Waals surface area contributed by atoms with Crippen molar-refractivity contribution in [3.63, 3.8) is 0 Å². The number of methoxy groups -OCH3 is 2. The third-order valence-electron chi connectivity index (χ3n) is 8.03. The summed E-state index contributed by atoms with van der Waals surface area (Å²) in [5.74, 6) is 1.93. The molecule has 42 heavy (non-hydrogen) atoms. The molecule has 9 nitrogen and oxygen atoms in total. The number of carbonyl (C=O) groups is 2. The lowest BCUT2D eigenvalue weighted by Crippen LogP contribution is -2.43. The van der Waals surface area contributed by atoms with E-state index in [-0.39, 0.29) is 29.9 Å². The molecule has 2 atom stereocenters. The zero-order valence-corrected chi connectivity index (χ0v) is 25.6. The number of ether oxygens (including phenoxy) is 4. The van der Waals surface area contributed by atoms with Crippen molar-refractivity contribution >= 4 is 12.0 Å². The van der Waals surface area contributed by atoms with Gasteiger partial charge in [0, 0.05) is 70.4 Å². The van der Waals surface area contributed by atoms with Crippen LogP contribution in [0.3, 0.4) is 0 Å². The van der Waals surface area contributed by atoms with Crippen molar-refractivity contribution in [1.82, 2.24) is 15.1 Å². The molecule has 0 bridgehead atoms. The van der Waals surface area contributed by atoms with E-state index in [1.807, 2.05) is 54.0 Å². The van der Waals surface area contributed by atoms with Gasteiger partial charge in [-0.3, -0.25) is 4.79 Å². The zero-order chi connectivity index (χ0) is 29.9. The van der Waals surface area contributed by atoms with Crippen molar-refractivity contribution in [3.8, 4) is 11.5 Å². The molecule has 4 rings (SSSR count). The first-order valence-corrected chi connectivity index (χ1v) is 15.2. The predicted molar refractivity (Wildman–Crippen MR) is 162 cm³/mol. The van der Waals surface area contributed by atoms with Gasteiger partial charge in [0.2, 0.25) is 0 Å². The van der Waals surface area contributed by atoms with Gasteiger partial charge in [0.1, 0.15) is 0 Å². The summed E-state index contributed by atoms with van der Waals surface area (Å²) in [6, 6.07) is 15.4. The maximum absolute atomic E-state index is 13.7. The van der Waals surface area contributed by atoms with Crippen LogP contribution in [-0.4, -0.2) is 88.1 Å². The van der Waals surface area contributed by atoms with Crippen LogP contribution in [0.25, 0.3) is 0 Å². The van der Waals surface area contributed by atoms with Gasteiger partial charge in [0.25, 0.3) is 5.91 Å². The topological polar surface area (TPSA) is 89.6 Å². The molecule has 1 aliphatic heterocycles. The van der Waals surface area contributed by atoms with Gasteiger partial charge >= 0.3 is 6.09 Å². The number of hydrogen-bond acceptors (Lipinski definition) is 7. The van der Waals surface area contributed by atoms with Gasteiger partial charge < -0.3 is 34.1 Å². The molecule has 2 aliphatic rings. The second-order valence-electron chi connectivity index (χ2n) is 11.7. The van der Waals surface area contributed by atoms with E-state index in [9.17, 15) is 9.59 Å². The average molecular weight is 582 g/mol. The van der Waals surface area contributed by atoms with Gasteiger partial charge in [0.15, 0.2) is 11.5 Å². The van der Waals surface area contributed by atoms with Crippen molar-refractivity contribution < 1.29 is 28.5 Å². The van der Waals surface area contributed by atoms with Crippen LogP contribution in [0.5, 0.6) is 11.5 Å². The Balaban J connectivity index is 1.37. The van der Waals surface area contributed by atoms with Gasteiger partial charge in [-0.25, -0.2) is 4.79 Å². The smallest absolute Gasteiger partial charge is 0.410 e. The Morgan fingerprint density at radius 3 is 2.40 bits per heavy atom. The van der Waals surface area contributed by atoms with Crippen molar-refractivity contribution in [3.05, 3.63) is 59.7 Å². The van der Waals surface area contributed by atoms with Crippen molar-refractivity contribution in [2.24, 2.45) is 17.8 Å². The first-order chi connectivity index (χ1) is 20.4. The number of rotatable bonds is 16. The Bertz CT molecular complexity index is 1140. The van der Waals surface area contributed by atoms with Crippen LogP contribution in [0.15, 0.2) is 48.5 Å². The highest BCUT2D eigenvalue weighted by atomic mass is 16.6. The second kappa shape index (κ2) is 15.8. The molecule has 0 aromatic heterocycles. The molecule has 230 valence electrons. The van der Waals surface area contributed by atoms with E-state index in [1.165, 1.54) is 12.8 Å². The van der Waals surface area contributed by atoms with Crippen LogP contribution >= 0.6 is 0 Å².